The minimum Gasteiger partial charge on any atom is -0.496 e. The standard InChI is InChI=1S/C22H27N5O2/c1-14-6-5-7-17(21(14)28-4)15(2)24-22-18-12-20(27-8-10-29-11-9-27)23-13-19(18)16(3)25-26-22/h5-7,12-13,15H,8-11H2,1-4H3,(H,24,26)/t15-/m1/s1. The number of fused-ring (bicyclic) bond motifs is 1. The molecule has 1 fully saturated rings. The number of hydrogen-bond acceptors (Lipinski definition) is 7. The Balaban J connectivity index is 1.71. The van der Waals surface area contributed by atoms with Gasteiger partial charge in [0.1, 0.15) is 11.6 Å². The Morgan fingerprint density at radius 3 is 2.69 bits per heavy atom. The van der Waals surface area contributed by atoms with Crippen LogP contribution in [-0.2, 0) is 4.74 Å². The molecule has 1 aliphatic heterocycles. The van der Waals surface area contributed by atoms with E-state index < -0.39 is 0 Å². The predicted octanol–water partition coefficient (Wildman–Crippen LogP) is 3.66. The Morgan fingerprint density at radius 1 is 1.14 bits per heavy atom. The van der Waals surface area contributed by atoms with E-state index in [2.05, 4.69) is 57.4 Å². The van der Waals surface area contributed by atoms with E-state index in [0.29, 0.717) is 0 Å². The van der Waals surface area contributed by atoms with Crippen LogP contribution in [0, 0.1) is 13.8 Å². The van der Waals surface area contributed by atoms with Crippen LogP contribution in [0.2, 0.25) is 0 Å². The van der Waals surface area contributed by atoms with E-state index in [4.69, 9.17) is 9.47 Å². The average molecular weight is 393 g/mol. The van der Waals surface area contributed by atoms with E-state index in [0.717, 1.165) is 71.3 Å². The van der Waals surface area contributed by atoms with Crippen LogP contribution in [0.4, 0.5) is 11.6 Å². The summed E-state index contributed by atoms with van der Waals surface area (Å²) in [6.07, 6.45) is 1.90. The van der Waals surface area contributed by atoms with Crippen LogP contribution in [0.25, 0.3) is 10.8 Å². The van der Waals surface area contributed by atoms with Crippen molar-refractivity contribution in [2.24, 2.45) is 0 Å². The molecule has 1 aliphatic rings. The number of pyridine rings is 1. The van der Waals surface area contributed by atoms with Gasteiger partial charge < -0.3 is 19.7 Å². The number of ether oxygens (including phenoxy) is 2. The van der Waals surface area contributed by atoms with Crippen LogP contribution in [0.15, 0.2) is 30.5 Å². The van der Waals surface area contributed by atoms with Crippen molar-refractivity contribution in [1.29, 1.82) is 0 Å². The van der Waals surface area contributed by atoms with Gasteiger partial charge in [0.25, 0.3) is 0 Å². The molecular formula is C22H27N5O2. The molecule has 1 atom stereocenters. The van der Waals surface area contributed by atoms with Gasteiger partial charge in [-0.3, -0.25) is 0 Å². The molecule has 2 aromatic heterocycles. The lowest BCUT2D eigenvalue weighted by Gasteiger charge is -2.28. The normalized spacial score (nSPS) is 15.4. The van der Waals surface area contributed by atoms with Crippen LogP contribution in [-0.4, -0.2) is 48.6 Å². The summed E-state index contributed by atoms with van der Waals surface area (Å²) in [7, 11) is 1.71. The molecule has 0 spiro atoms. The molecule has 4 rings (SSSR count). The zero-order chi connectivity index (χ0) is 20.4. The van der Waals surface area contributed by atoms with Crippen LogP contribution in [0.5, 0.6) is 5.75 Å². The van der Waals surface area contributed by atoms with E-state index >= 15 is 0 Å². The van der Waals surface area contributed by atoms with Gasteiger partial charge in [-0.1, -0.05) is 18.2 Å². The Kier molecular flexibility index (Phi) is 5.49. The second-order valence-electron chi connectivity index (χ2n) is 7.38. The molecule has 0 bridgehead atoms. The smallest absolute Gasteiger partial charge is 0.157 e. The topological polar surface area (TPSA) is 72.4 Å². The number of benzene rings is 1. The maximum atomic E-state index is 5.64. The molecule has 0 saturated carbocycles. The van der Waals surface area contributed by atoms with Gasteiger partial charge in [-0.25, -0.2) is 4.98 Å². The largest absolute Gasteiger partial charge is 0.496 e. The minimum absolute atomic E-state index is 0.00468. The SMILES string of the molecule is COc1c(C)cccc1[C@@H](C)Nc1nnc(C)c2cnc(N3CCOCC3)cc12. The lowest BCUT2D eigenvalue weighted by atomic mass is 10.0. The van der Waals surface area contributed by atoms with Gasteiger partial charge in [-0.05, 0) is 32.4 Å². The summed E-state index contributed by atoms with van der Waals surface area (Å²) < 4.78 is 11.1. The van der Waals surface area contributed by atoms with E-state index in [1.165, 1.54) is 0 Å². The molecule has 0 aliphatic carbocycles. The zero-order valence-electron chi connectivity index (χ0n) is 17.4. The van der Waals surface area contributed by atoms with Crippen molar-refractivity contribution in [3.05, 3.63) is 47.3 Å². The van der Waals surface area contributed by atoms with Crippen LogP contribution in [0.1, 0.15) is 29.8 Å². The van der Waals surface area contributed by atoms with Crippen molar-refractivity contribution >= 4 is 22.4 Å². The summed E-state index contributed by atoms with van der Waals surface area (Å²) in [6.45, 7) is 9.25. The quantitative estimate of drug-likeness (QED) is 0.709. The van der Waals surface area contributed by atoms with Crippen LogP contribution in [0.3, 0.4) is 0 Å². The highest BCUT2D eigenvalue weighted by Gasteiger charge is 2.18. The van der Waals surface area contributed by atoms with E-state index in [9.17, 15) is 0 Å². The van der Waals surface area contributed by atoms with Gasteiger partial charge in [-0.15, -0.1) is 5.10 Å². The van der Waals surface area contributed by atoms with Gasteiger partial charge in [-0.2, -0.15) is 5.10 Å². The summed E-state index contributed by atoms with van der Waals surface area (Å²) in [5.41, 5.74) is 3.06. The number of methoxy groups -OCH3 is 1. The van der Waals surface area contributed by atoms with Crippen molar-refractivity contribution in [3.63, 3.8) is 0 Å². The molecule has 0 radical (unpaired) electrons. The Labute approximate surface area is 171 Å². The Morgan fingerprint density at radius 2 is 1.93 bits per heavy atom. The number of para-hydroxylation sites is 1. The number of morpholine rings is 1. The lowest BCUT2D eigenvalue weighted by Crippen LogP contribution is -2.36. The number of rotatable bonds is 5. The van der Waals surface area contributed by atoms with E-state index in [-0.39, 0.29) is 6.04 Å². The fourth-order valence-corrected chi connectivity index (χ4v) is 3.81. The molecule has 0 unspecified atom stereocenters. The number of anilines is 2. The maximum Gasteiger partial charge on any atom is 0.157 e. The van der Waals surface area contributed by atoms with Gasteiger partial charge in [0.2, 0.25) is 0 Å². The number of nitrogens with zero attached hydrogens (tertiary/aromatic N) is 4. The summed E-state index contributed by atoms with van der Waals surface area (Å²) in [4.78, 5) is 6.91. The second kappa shape index (κ2) is 8.21. The van der Waals surface area contributed by atoms with Crippen molar-refractivity contribution in [2.75, 3.05) is 43.6 Å². The van der Waals surface area contributed by atoms with Gasteiger partial charge >= 0.3 is 0 Å². The highest BCUT2D eigenvalue weighted by Crippen LogP contribution is 2.33. The molecule has 3 aromatic rings. The summed E-state index contributed by atoms with van der Waals surface area (Å²) in [5.74, 6) is 2.59. The van der Waals surface area contributed by atoms with Crippen molar-refractivity contribution in [2.45, 2.75) is 26.8 Å². The summed E-state index contributed by atoms with van der Waals surface area (Å²) >= 11 is 0. The van der Waals surface area contributed by atoms with E-state index in [1.54, 1.807) is 7.11 Å². The molecule has 3 heterocycles. The summed E-state index contributed by atoms with van der Waals surface area (Å²) in [5, 5.41) is 14.4. The van der Waals surface area contributed by atoms with Crippen molar-refractivity contribution in [1.82, 2.24) is 15.2 Å². The monoisotopic (exact) mass is 393 g/mol. The molecule has 0 amide bonds. The average Bonchev–Trinajstić information content (AvgIpc) is 2.76. The highest BCUT2D eigenvalue weighted by atomic mass is 16.5. The zero-order valence-corrected chi connectivity index (χ0v) is 17.4. The molecule has 29 heavy (non-hydrogen) atoms. The van der Waals surface area contributed by atoms with Crippen molar-refractivity contribution < 1.29 is 9.47 Å². The third-order valence-electron chi connectivity index (χ3n) is 5.44. The molecule has 1 saturated heterocycles. The molecule has 7 heteroatoms. The maximum absolute atomic E-state index is 5.64. The number of aromatic nitrogens is 3. The minimum atomic E-state index is 0.00468. The number of aryl methyl sites for hydroxylation is 2. The second-order valence-corrected chi connectivity index (χ2v) is 7.38. The molecule has 1 aromatic carbocycles. The highest BCUT2D eigenvalue weighted by molar-refractivity contribution is 5.94. The fourth-order valence-electron chi connectivity index (χ4n) is 3.81. The lowest BCUT2D eigenvalue weighted by molar-refractivity contribution is 0.122. The molecule has 152 valence electrons. The van der Waals surface area contributed by atoms with Gasteiger partial charge in [0.15, 0.2) is 5.82 Å². The first kappa shape index (κ1) is 19.4. The third kappa shape index (κ3) is 3.82. The molecule has 7 nitrogen and oxygen atoms in total. The fraction of sp³-hybridized carbons (Fsp3) is 0.409. The van der Waals surface area contributed by atoms with Crippen molar-refractivity contribution in [3.8, 4) is 5.75 Å². The first-order valence-electron chi connectivity index (χ1n) is 9.94. The Bertz CT molecular complexity index is 1020. The third-order valence-corrected chi connectivity index (χ3v) is 5.44. The predicted molar refractivity (Wildman–Crippen MR) is 115 cm³/mol. The van der Waals surface area contributed by atoms with E-state index in [1.807, 2.05) is 19.2 Å². The first-order valence-corrected chi connectivity index (χ1v) is 9.94. The first-order chi connectivity index (χ1) is 14.1. The summed E-state index contributed by atoms with van der Waals surface area (Å²) in [6, 6.07) is 8.28. The number of nitrogens with one attached hydrogen (secondary N) is 1. The van der Waals surface area contributed by atoms with Gasteiger partial charge in [0.05, 0.1) is 32.1 Å². The van der Waals surface area contributed by atoms with Crippen LogP contribution < -0.4 is 15.0 Å². The molecular weight excluding hydrogens is 366 g/mol. The van der Waals surface area contributed by atoms with Crippen LogP contribution >= 0.6 is 0 Å². The number of hydrogen-bond donors (Lipinski definition) is 1. The van der Waals surface area contributed by atoms with Gasteiger partial charge in [0, 0.05) is 35.6 Å². The molecule has 1 N–H and O–H groups in total. The Hall–Kier alpha value is -2.93.